The lowest BCUT2D eigenvalue weighted by atomic mass is 10.2. The highest BCUT2D eigenvalue weighted by Gasteiger charge is 2.18. The van der Waals surface area contributed by atoms with Crippen LogP contribution in [-0.4, -0.2) is 22.2 Å². The maximum absolute atomic E-state index is 10.8. The van der Waals surface area contributed by atoms with E-state index in [1.807, 2.05) is 0 Å². The molecule has 0 atom stereocenters. The Morgan fingerprint density at radius 2 is 2.43 bits per heavy atom. The van der Waals surface area contributed by atoms with Gasteiger partial charge in [-0.3, -0.25) is 5.32 Å². The molecule has 72 valence electrons. The van der Waals surface area contributed by atoms with E-state index in [-0.39, 0.29) is 12.2 Å². The third-order valence-electron chi connectivity index (χ3n) is 1.79. The quantitative estimate of drug-likeness (QED) is 0.691. The van der Waals surface area contributed by atoms with Gasteiger partial charge in [0, 0.05) is 11.8 Å². The van der Waals surface area contributed by atoms with Crippen molar-refractivity contribution in [1.29, 1.82) is 0 Å². The molecule has 1 aliphatic heterocycles. The summed E-state index contributed by atoms with van der Waals surface area (Å²) in [5.41, 5.74) is 0.632. The number of nitrogens with zero attached hydrogens (tertiary/aromatic N) is 1. The number of pyridine rings is 1. The lowest BCUT2D eigenvalue weighted by molar-refractivity contribution is 0.0696. The molecule has 0 fully saturated rings. The topological polar surface area (TPSA) is 88.5 Å². The summed E-state index contributed by atoms with van der Waals surface area (Å²) in [6.45, 7) is 0.0509. The van der Waals surface area contributed by atoms with Crippen LogP contribution >= 0.6 is 0 Å². The maximum Gasteiger partial charge on any atom is 0.413 e. The minimum Gasteiger partial charge on any atom is -0.478 e. The number of cyclic esters (lactones) is 1. The van der Waals surface area contributed by atoms with Crippen LogP contribution in [0.5, 0.6) is 0 Å². The van der Waals surface area contributed by atoms with Crippen LogP contribution in [0.15, 0.2) is 12.3 Å². The molecule has 0 radical (unpaired) electrons. The summed E-state index contributed by atoms with van der Waals surface area (Å²) in [7, 11) is 0. The number of carboxylic acids is 1. The van der Waals surface area contributed by atoms with E-state index in [1.54, 1.807) is 0 Å². The Labute approximate surface area is 78.5 Å². The second-order valence-electron chi connectivity index (χ2n) is 2.74. The number of carbonyl (C=O) groups is 2. The number of amides is 1. The summed E-state index contributed by atoms with van der Waals surface area (Å²) in [5.74, 6) is -0.705. The number of aromatic nitrogens is 1. The van der Waals surface area contributed by atoms with Crippen molar-refractivity contribution in [3.8, 4) is 0 Å². The molecule has 0 unspecified atom stereocenters. The molecule has 2 heterocycles. The van der Waals surface area contributed by atoms with Crippen molar-refractivity contribution in [3.05, 3.63) is 23.4 Å². The van der Waals surface area contributed by atoms with Crippen LogP contribution in [0.1, 0.15) is 15.9 Å². The van der Waals surface area contributed by atoms with Crippen LogP contribution in [0.3, 0.4) is 0 Å². The highest BCUT2D eigenvalue weighted by atomic mass is 16.5. The highest BCUT2D eigenvalue weighted by molar-refractivity contribution is 5.90. The number of rotatable bonds is 1. The second kappa shape index (κ2) is 2.99. The van der Waals surface area contributed by atoms with Gasteiger partial charge in [0.2, 0.25) is 0 Å². The minimum atomic E-state index is -1.06. The minimum absolute atomic E-state index is 0.0509. The van der Waals surface area contributed by atoms with Gasteiger partial charge in [-0.15, -0.1) is 0 Å². The van der Waals surface area contributed by atoms with Gasteiger partial charge in [-0.2, -0.15) is 0 Å². The van der Waals surface area contributed by atoms with E-state index < -0.39 is 12.1 Å². The summed E-state index contributed by atoms with van der Waals surface area (Å²) in [6.07, 6.45) is 0.611. The zero-order valence-corrected chi connectivity index (χ0v) is 6.98. The summed E-state index contributed by atoms with van der Waals surface area (Å²) < 4.78 is 4.66. The van der Waals surface area contributed by atoms with E-state index in [2.05, 4.69) is 15.0 Å². The van der Waals surface area contributed by atoms with E-state index in [1.165, 1.54) is 12.3 Å². The van der Waals surface area contributed by atoms with Gasteiger partial charge >= 0.3 is 12.1 Å². The van der Waals surface area contributed by atoms with Crippen LogP contribution in [0.2, 0.25) is 0 Å². The summed E-state index contributed by atoms with van der Waals surface area (Å²) in [5, 5.41) is 11.0. The molecule has 14 heavy (non-hydrogen) atoms. The average molecular weight is 194 g/mol. The number of hydrogen-bond acceptors (Lipinski definition) is 4. The van der Waals surface area contributed by atoms with Crippen LogP contribution in [0.25, 0.3) is 0 Å². The van der Waals surface area contributed by atoms with Crippen LogP contribution < -0.4 is 5.32 Å². The molecule has 6 nitrogen and oxygen atoms in total. The number of fused-ring (bicyclic) bond motifs is 1. The van der Waals surface area contributed by atoms with Crippen molar-refractivity contribution in [2.75, 3.05) is 5.32 Å². The molecule has 0 aliphatic carbocycles. The van der Waals surface area contributed by atoms with Gasteiger partial charge in [0.05, 0.1) is 5.56 Å². The Morgan fingerprint density at radius 1 is 1.64 bits per heavy atom. The van der Waals surface area contributed by atoms with E-state index in [4.69, 9.17) is 5.11 Å². The number of nitrogens with one attached hydrogen (secondary N) is 1. The normalized spacial score (nSPS) is 13.9. The number of anilines is 1. The van der Waals surface area contributed by atoms with E-state index in [0.29, 0.717) is 11.4 Å². The number of hydrogen-bond donors (Lipinski definition) is 2. The van der Waals surface area contributed by atoms with Gasteiger partial charge in [-0.1, -0.05) is 0 Å². The van der Waals surface area contributed by atoms with Crippen molar-refractivity contribution >= 4 is 17.9 Å². The fourth-order valence-corrected chi connectivity index (χ4v) is 1.13. The lowest BCUT2D eigenvalue weighted by Crippen LogP contribution is -2.21. The monoisotopic (exact) mass is 194 g/mol. The first kappa shape index (κ1) is 8.49. The molecule has 0 saturated heterocycles. The molecule has 0 saturated carbocycles. The predicted molar refractivity (Wildman–Crippen MR) is 45.0 cm³/mol. The van der Waals surface area contributed by atoms with Gasteiger partial charge in [0.15, 0.2) is 0 Å². The van der Waals surface area contributed by atoms with Crippen molar-refractivity contribution in [3.63, 3.8) is 0 Å². The molecule has 1 aliphatic rings. The SMILES string of the molecule is O=C1Nc2ncc(C(=O)O)cc2CO1. The van der Waals surface area contributed by atoms with Crippen molar-refractivity contribution in [2.24, 2.45) is 0 Å². The Kier molecular flexibility index (Phi) is 1.81. The lowest BCUT2D eigenvalue weighted by Gasteiger charge is -2.15. The summed E-state index contributed by atoms with van der Waals surface area (Å²) in [4.78, 5) is 25.1. The number of ether oxygens (including phenoxy) is 1. The molecule has 0 spiro atoms. The molecular formula is C8H6N2O4. The largest absolute Gasteiger partial charge is 0.478 e. The third kappa shape index (κ3) is 1.37. The van der Waals surface area contributed by atoms with E-state index in [9.17, 15) is 9.59 Å². The number of carboxylic acid groups (broad SMARTS) is 1. The molecule has 0 aromatic carbocycles. The first-order valence-electron chi connectivity index (χ1n) is 3.83. The fraction of sp³-hybridized carbons (Fsp3) is 0.125. The Morgan fingerprint density at radius 3 is 3.14 bits per heavy atom. The first-order chi connectivity index (χ1) is 6.66. The number of carbonyl (C=O) groups excluding carboxylic acids is 1. The smallest absolute Gasteiger partial charge is 0.413 e. The Bertz CT molecular complexity index is 416. The number of aromatic carboxylic acids is 1. The zero-order valence-electron chi connectivity index (χ0n) is 6.98. The fourth-order valence-electron chi connectivity index (χ4n) is 1.13. The highest BCUT2D eigenvalue weighted by Crippen LogP contribution is 2.19. The van der Waals surface area contributed by atoms with Gasteiger partial charge in [-0.25, -0.2) is 14.6 Å². The summed E-state index contributed by atoms with van der Waals surface area (Å²) >= 11 is 0. The van der Waals surface area contributed by atoms with Crippen LogP contribution in [0.4, 0.5) is 10.6 Å². The first-order valence-corrected chi connectivity index (χ1v) is 3.83. The standard InChI is InChI=1S/C8H6N2O4/c11-7(12)4-1-5-3-14-8(13)10-6(5)9-2-4/h1-2H,3H2,(H,11,12)(H,9,10,13). The molecule has 1 aromatic heterocycles. The molecule has 2 N–H and O–H groups in total. The molecule has 2 rings (SSSR count). The van der Waals surface area contributed by atoms with Gasteiger partial charge < -0.3 is 9.84 Å². The summed E-state index contributed by atoms with van der Waals surface area (Å²) in [6, 6.07) is 1.42. The van der Waals surface area contributed by atoms with Gasteiger partial charge in [0.1, 0.15) is 12.4 Å². The van der Waals surface area contributed by atoms with E-state index in [0.717, 1.165) is 0 Å². The molecule has 1 aromatic rings. The van der Waals surface area contributed by atoms with Crippen LogP contribution in [0, 0.1) is 0 Å². The maximum atomic E-state index is 10.8. The molecule has 0 bridgehead atoms. The third-order valence-corrected chi connectivity index (χ3v) is 1.79. The Balaban J connectivity index is 2.41. The van der Waals surface area contributed by atoms with Crippen molar-refractivity contribution in [1.82, 2.24) is 4.98 Å². The zero-order chi connectivity index (χ0) is 10.1. The molecule has 1 amide bonds. The van der Waals surface area contributed by atoms with Gasteiger partial charge in [-0.05, 0) is 6.07 Å². The average Bonchev–Trinajstić information content (AvgIpc) is 2.16. The van der Waals surface area contributed by atoms with E-state index >= 15 is 0 Å². The Hall–Kier alpha value is -2.11. The molecular weight excluding hydrogens is 188 g/mol. The second-order valence-corrected chi connectivity index (χ2v) is 2.74. The van der Waals surface area contributed by atoms with Gasteiger partial charge in [0.25, 0.3) is 0 Å². The molecule has 6 heteroatoms. The van der Waals surface area contributed by atoms with Crippen LogP contribution in [-0.2, 0) is 11.3 Å². The van der Waals surface area contributed by atoms with Crippen molar-refractivity contribution < 1.29 is 19.4 Å². The van der Waals surface area contributed by atoms with Crippen molar-refractivity contribution in [2.45, 2.75) is 6.61 Å². The predicted octanol–water partition coefficient (Wildman–Crippen LogP) is 0.842.